The summed E-state index contributed by atoms with van der Waals surface area (Å²) in [6, 6.07) is 0.490. The summed E-state index contributed by atoms with van der Waals surface area (Å²) in [6.45, 7) is 8.41. The summed E-state index contributed by atoms with van der Waals surface area (Å²) < 4.78 is 1.66. The Bertz CT molecular complexity index is 675. The third-order valence-corrected chi connectivity index (χ3v) is 4.38. The van der Waals surface area contributed by atoms with Crippen LogP contribution in [0.25, 0.3) is 11.0 Å². The molecule has 6 heteroatoms. The van der Waals surface area contributed by atoms with Crippen molar-refractivity contribution in [1.29, 1.82) is 0 Å². The average Bonchev–Trinajstić information content (AvgIpc) is 2.89. The first-order valence-corrected chi connectivity index (χ1v) is 8.71. The van der Waals surface area contributed by atoms with E-state index in [0.29, 0.717) is 23.6 Å². The highest BCUT2D eigenvalue weighted by molar-refractivity contribution is 5.72. The number of rotatable bonds is 9. The number of unbranched alkanes of at least 4 members (excludes halogenated alkanes) is 2. The minimum Gasteiger partial charge on any atom is -0.309 e. The number of aromatic nitrogens is 4. The van der Waals surface area contributed by atoms with Gasteiger partial charge in [0, 0.05) is 13.1 Å². The van der Waals surface area contributed by atoms with Gasteiger partial charge >= 0.3 is 0 Å². The Balaban J connectivity index is 2.20. The molecule has 0 aromatic carbocycles. The molecule has 0 saturated carbocycles. The number of aromatic amines is 1. The number of fused-ring (bicyclic) bond motifs is 1. The molecule has 1 atom stereocenters. The summed E-state index contributed by atoms with van der Waals surface area (Å²) in [6.07, 6.45) is 7.53. The summed E-state index contributed by atoms with van der Waals surface area (Å²) in [7, 11) is 1.82. The van der Waals surface area contributed by atoms with Gasteiger partial charge in [-0.15, -0.1) is 0 Å². The summed E-state index contributed by atoms with van der Waals surface area (Å²) in [5, 5.41) is 4.67. The number of H-pyrrole nitrogens is 1. The summed E-state index contributed by atoms with van der Waals surface area (Å²) in [4.78, 5) is 22.1. The second-order valence-corrected chi connectivity index (χ2v) is 6.33. The van der Waals surface area contributed by atoms with Crippen molar-refractivity contribution in [3.05, 3.63) is 22.4 Å². The van der Waals surface area contributed by atoms with Gasteiger partial charge in [0.15, 0.2) is 5.65 Å². The van der Waals surface area contributed by atoms with Crippen LogP contribution in [0.4, 0.5) is 0 Å². The van der Waals surface area contributed by atoms with Crippen molar-refractivity contribution in [1.82, 2.24) is 24.6 Å². The van der Waals surface area contributed by atoms with Gasteiger partial charge in [-0.1, -0.05) is 33.1 Å². The Hall–Kier alpha value is -1.69. The molecule has 0 aliphatic heterocycles. The maximum absolute atomic E-state index is 12.2. The van der Waals surface area contributed by atoms with Crippen LogP contribution in [0.5, 0.6) is 0 Å². The monoisotopic (exact) mass is 319 g/mol. The Morgan fingerprint density at radius 1 is 1.30 bits per heavy atom. The average molecular weight is 319 g/mol. The second kappa shape index (κ2) is 8.24. The lowest BCUT2D eigenvalue weighted by Gasteiger charge is -2.28. The van der Waals surface area contributed by atoms with Gasteiger partial charge in [0.2, 0.25) is 0 Å². The smallest absolute Gasteiger partial charge is 0.262 e. The van der Waals surface area contributed by atoms with E-state index < -0.39 is 0 Å². The Morgan fingerprint density at radius 3 is 2.78 bits per heavy atom. The van der Waals surface area contributed by atoms with Gasteiger partial charge in [-0.3, -0.25) is 14.4 Å². The Morgan fingerprint density at radius 2 is 2.09 bits per heavy atom. The molecule has 128 valence electrons. The summed E-state index contributed by atoms with van der Waals surface area (Å²) in [5.74, 6) is 0.727. The predicted octanol–water partition coefficient (Wildman–Crippen LogP) is 2.84. The quantitative estimate of drug-likeness (QED) is 0.722. The van der Waals surface area contributed by atoms with Crippen LogP contribution in [0.2, 0.25) is 0 Å². The van der Waals surface area contributed by atoms with Crippen molar-refractivity contribution in [2.24, 2.45) is 7.05 Å². The predicted molar refractivity (Wildman–Crippen MR) is 93.4 cm³/mol. The van der Waals surface area contributed by atoms with E-state index in [0.717, 1.165) is 25.2 Å². The third-order valence-electron chi connectivity index (χ3n) is 4.38. The molecule has 2 heterocycles. The summed E-state index contributed by atoms with van der Waals surface area (Å²) in [5.41, 5.74) is 0.551. The van der Waals surface area contributed by atoms with Crippen molar-refractivity contribution in [3.8, 4) is 0 Å². The van der Waals surface area contributed by atoms with Gasteiger partial charge in [-0.2, -0.15) is 5.10 Å². The van der Waals surface area contributed by atoms with E-state index in [-0.39, 0.29) is 5.56 Å². The largest absolute Gasteiger partial charge is 0.309 e. The van der Waals surface area contributed by atoms with E-state index in [1.54, 1.807) is 10.9 Å². The van der Waals surface area contributed by atoms with Crippen LogP contribution in [-0.2, 0) is 13.6 Å². The van der Waals surface area contributed by atoms with Crippen molar-refractivity contribution in [2.75, 3.05) is 6.54 Å². The van der Waals surface area contributed by atoms with Gasteiger partial charge in [0.1, 0.15) is 11.2 Å². The molecule has 0 aliphatic carbocycles. The van der Waals surface area contributed by atoms with E-state index in [9.17, 15) is 4.79 Å². The van der Waals surface area contributed by atoms with Crippen LogP contribution in [0.1, 0.15) is 58.7 Å². The highest BCUT2D eigenvalue weighted by atomic mass is 16.1. The van der Waals surface area contributed by atoms with Crippen LogP contribution < -0.4 is 5.56 Å². The number of nitrogens with zero attached hydrogens (tertiary/aromatic N) is 4. The maximum atomic E-state index is 12.2. The minimum atomic E-state index is -0.102. The molecule has 0 fully saturated rings. The van der Waals surface area contributed by atoms with Crippen molar-refractivity contribution >= 4 is 11.0 Å². The lowest BCUT2D eigenvalue weighted by atomic mass is 10.1. The molecule has 1 N–H and O–H groups in total. The molecule has 1 unspecified atom stereocenters. The van der Waals surface area contributed by atoms with Crippen LogP contribution in [0.15, 0.2) is 11.0 Å². The van der Waals surface area contributed by atoms with Gasteiger partial charge in [-0.05, 0) is 26.3 Å². The molecular weight excluding hydrogens is 290 g/mol. The van der Waals surface area contributed by atoms with Crippen molar-refractivity contribution in [2.45, 2.75) is 65.5 Å². The van der Waals surface area contributed by atoms with E-state index in [1.807, 2.05) is 7.05 Å². The number of nitrogens with one attached hydrogen (secondary N) is 1. The lowest BCUT2D eigenvalue weighted by Crippen LogP contribution is -2.34. The Labute approximate surface area is 137 Å². The zero-order chi connectivity index (χ0) is 16.8. The van der Waals surface area contributed by atoms with Gasteiger partial charge in [0.25, 0.3) is 5.56 Å². The second-order valence-electron chi connectivity index (χ2n) is 6.33. The van der Waals surface area contributed by atoms with Gasteiger partial charge < -0.3 is 4.98 Å². The van der Waals surface area contributed by atoms with E-state index >= 15 is 0 Å². The Kier molecular flexibility index (Phi) is 6.33. The molecule has 0 radical (unpaired) electrons. The summed E-state index contributed by atoms with van der Waals surface area (Å²) >= 11 is 0. The highest BCUT2D eigenvalue weighted by Gasteiger charge is 2.16. The van der Waals surface area contributed by atoms with E-state index in [2.05, 4.69) is 40.7 Å². The van der Waals surface area contributed by atoms with Crippen LogP contribution in [-0.4, -0.2) is 37.2 Å². The van der Waals surface area contributed by atoms with E-state index in [4.69, 9.17) is 0 Å². The molecule has 23 heavy (non-hydrogen) atoms. The first-order valence-electron chi connectivity index (χ1n) is 8.71. The first kappa shape index (κ1) is 17.7. The minimum absolute atomic E-state index is 0.102. The molecular formula is C17H29N5O. The fourth-order valence-corrected chi connectivity index (χ4v) is 2.97. The lowest BCUT2D eigenvalue weighted by molar-refractivity contribution is 0.181. The van der Waals surface area contributed by atoms with Crippen LogP contribution in [0, 0.1) is 0 Å². The van der Waals surface area contributed by atoms with Crippen molar-refractivity contribution < 1.29 is 0 Å². The number of hydrogen-bond acceptors (Lipinski definition) is 4. The number of hydrogen-bond donors (Lipinski definition) is 1. The zero-order valence-corrected chi connectivity index (χ0v) is 14.8. The molecule has 2 rings (SSSR count). The molecule has 0 saturated heterocycles. The molecule has 2 aromatic rings. The zero-order valence-electron chi connectivity index (χ0n) is 14.8. The SMILES string of the molecule is CCCCCN(Cc1nc2c(cnn2C)c(=O)[nH]1)C(C)CCC. The molecule has 2 aromatic heterocycles. The standard InChI is InChI=1S/C17H29N5O/c1-5-7-8-10-22(13(3)9-6-2)12-15-19-16-14(17(23)20-15)11-18-21(16)4/h11,13H,5-10,12H2,1-4H3,(H,19,20,23). The van der Waals surface area contributed by atoms with Crippen molar-refractivity contribution in [3.63, 3.8) is 0 Å². The molecule has 0 amide bonds. The van der Waals surface area contributed by atoms with Crippen LogP contribution in [0.3, 0.4) is 0 Å². The van der Waals surface area contributed by atoms with Crippen LogP contribution >= 0.6 is 0 Å². The number of aryl methyl sites for hydroxylation is 1. The molecule has 0 aliphatic rings. The fraction of sp³-hybridized carbons (Fsp3) is 0.706. The van der Waals surface area contributed by atoms with Gasteiger partial charge in [0.05, 0.1) is 12.7 Å². The topological polar surface area (TPSA) is 66.8 Å². The van der Waals surface area contributed by atoms with E-state index in [1.165, 1.54) is 19.3 Å². The molecule has 0 spiro atoms. The fourth-order valence-electron chi connectivity index (χ4n) is 2.97. The molecule has 0 bridgehead atoms. The normalized spacial score (nSPS) is 13.1. The molecule has 6 nitrogen and oxygen atoms in total. The van der Waals surface area contributed by atoms with Gasteiger partial charge in [-0.25, -0.2) is 4.98 Å². The highest BCUT2D eigenvalue weighted by Crippen LogP contribution is 2.13. The third kappa shape index (κ3) is 4.41. The first-order chi connectivity index (χ1) is 11.1. The maximum Gasteiger partial charge on any atom is 0.262 e.